The maximum absolute atomic E-state index is 12.8. The first kappa shape index (κ1) is 20.9. The maximum Gasteiger partial charge on any atom is 0.257 e. The van der Waals surface area contributed by atoms with Crippen LogP contribution in [0, 0.1) is 6.92 Å². The van der Waals surface area contributed by atoms with Crippen molar-refractivity contribution in [3.63, 3.8) is 0 Å². The number of morpholine rings is 1. The van der Waals surface area contributed by atoms with Crippen molar-refractivity contribution >= 4 is 17.4 Å². The van der Waals surface area contributed by atoms with E-state index in [9.17, 15) is 4.79 Å². The monoisotopic (exact) mass is 417 g/mol. The van der Waals surface area contributed by atoms with E-state index in [1.165, 1.54) is 0 Å². The Morgan fingerprint density at radius 2 is 1.84 bits per heavy atom. The molecule has 1 fully saturated rings. The van der Waals surface area contributed by atoms with E-state index in [1.54, 1.807) is 12.3 Å². The Hall–Kier alpha value is -3.38. The lowest BCUT2D eigenvalue weighted by atomic mass is 10.2. The summed E-state index contributed by atoms with van der Waals surface area (Å²) in [5.74, 6) is 1.92. The Kier molecular flexibility index (Phi) is 6.18. The van der Waals surface area contributed by atoms with Crippen LogP contribution in [0.3, 0.4) is 0 Å². The minimum Gasteiger partial charge on any atom is -0.455 e. The molecule has 1 N–H and O–H groups in total. The van der Waals surface area contributed by atoms with Crippen molar-refractivity contribution in [3.05, 3.63) is 78.0 Å². The summed E-state index contributed by atoms with van der Waals surface area (Å²) in [5, 5.41) is 2.94. The highest BCUT2D eigenvalue weighted by molar-refractivity contribution is 6.04. The van der Waals surface area contributed by atoms with Gasteiger partial charge in [-0.3, -0.25) is 4.79 Å². The number of nitrogens with zero attached hydrogens (tertiary/aromatic N) is 2. The predicted octanol–water partition coefficient (Wildman–Crippen LogP) is 5.05. The molecule has 2 unspecified atom stereocenters. The van der Waals surface area contributed by atoms with Gasteiger partial charge in [-0.2, -0.15) is 0 Å². The van der Waals surface area contributed by atoms with Crippen molar-refractivity contribution in [2.75, 3.05) is 23.3 Å². The highest BCUT2D eigenvalue weighted by Gasteiger charge is 2.23. The van der Waals surface area contributed by atoms with E-state index in [2.05, 4.69) is 29.0 Å². The lowest BCUT2D eigenvalue weighted by Gasteiger charge is -2.36. The largest absolute Gasteiger partial charge is 0.455 e. The molecule has 1 aliphatic rings. The number of pyridine rings is 1. The van der Waals surface area contributed by atoms with E-state index in [1.807, 2.05) is 61.5 Å². The third kappa shape index (κ3) is 5.22. The number of aryl methyl sites for hydroxylation is 1. The summed E-state index contributed by atoms with van der Waals surface area (Å²) >= 11 is 0. The quantitative estimate of drug-likeness (QED) is 0.629. The zero-order valence-electron chi connectivity index (χ0n) is 18.0. The van der Waals surface area contributed by atoms with E-state index < -0.39 is 0 Å². The molecule has 0 saturated carbocycles. The van der Waals surface area contributed by atoms with Gasteiger partial charge in [0.25, 0.3) is 5.91 Å². The fourth-order valence-corrected chi connectivity index (χ4v) is 3.73. The van der Waals surface area contributed by atoms with E-state index in [0.29, 0.717) is 17.0 Å². The number of benzene rings is 2. The second-order valence-electron chi connectivity index (χ2n) is 7.94. The van der Waals surface area contributed by atoms with Crippen LogP contribution >= 0.6 is 0 Å². The Morgan fingerprint density at radius 1 is 1.06 bits per heavy atom. The number of rotatable bonds is 5. The number of amides is 1. The lowest BCUT2D eigenvalue weighted by molar-refractivity contribution is -0.00546. The van der Waals surface area contributed by atoms with Crippen LogP contribution in [0.5, 0.6) is 11.5 Å². The number of anilines is 2. The first-order valence-corrected chi connectivity index (χ1v) is 10.5. The fourth-order valence-electron chi connectivity index (χ4n) is 3.73. The van der Waals surface area contributed by atoms with Crippen molar-refractivity contribution in [1.82, 2.24) is 4.98 Å². The van der Waals surface area contributed by atoms with Crippen LogP contribution < -0.4 is 15.0 Å². The molecule has 0 aliphatic carbocycles. The molecule has 1 aromatic heterocycles. The summed E-state index contributed by atoms with van der Waals surface area (Å²) < 4.78 is 11.8. The Labute approximate surface area is 182 Å². The molecule has 2 atom stereocenters. The van der Waals surface area contributed by atoms with Gasteiger partial charge in [0.15, 0.2) is 5.75 Å². The maximum atomic E-state index is 12.8. The molecule has 160 valence electrons. The molecule has 2 aromatic carbocycles. The average Bonchev–Trinajstić information content (AvgIpc) is 2.74. The van der Waals surface area contributed by atoms with Crippen LogP contribution in [-0.4, -0.2) is 36.2 Å². The van der Waals surface area contributed by atoms with E-state index in [0.717, 1.165) is 30.2 Å². The normalized spacial score (nSPS) is 18.5. The first-order chi connectivity index (χ1) is 15.0. The van der Waals surface area contributed by atoms with E-state index >= 15 is 0 Å². The number of hydrogen-bond donors (Lipinski definition) is 1. The SMILES string of the molecule is Cc1cccc(Oc2ccccc2NC(=O)c2ccc(N3CC(C)OC(C)C3)nc2)c1. The topological polar surface area (TPSA) is 63.7 Å². The number of para-hydroxylation sites is 2. The van der Waals surface area contributed by atoms with Crippen molar-refractivity contribution in [1.29, 1.82) is 0 Å². The van der Waals surface area contributed by atoms with Crippen molar-refractivity contribution in [3.8, 4) is 11.5 Å². The molecule has 6 nitrogen and oxygen atoms in total. The lowest BCUT2D eigenvalue weighted by Crippen LogP contribution is -2.45. The van der Waals surface area contributed by atoms with Crippen LogP contribution in [0.1, 0.15) is 29.8 Å². The second kappa shape index (κ2) is 9.18. The molecule has 6 heteroatoms. The van der Waals surface area contributed by atoms with Gasteiger partial charge >= 0.3 is 0 Å². The van der Waals surface area contributed by atoms with Gasteiger partial charge in [0.05, 0.1) is 23.5 Å². The summed E-state index contributed by atoms with van der Waals surface area (Å²) in [6.07, 6.45) is 1.91. The summed E-state index contributed by atoms with van der Waals surface area (Å²) in [4.78, 5) is 19.5. The van der Waals surface area contributed by atoms with Gasteiger partial charge in [-0.1, -0.05) is 24.3 Å². The summed E-state index contributed by atoms with van der Waals surface area (Å²) in [5.41, 5.74) is 2.20. The van der Waals surface area contributed by atoms with Crippen LogP contribution in [0.2, 0.25) is 0 Å². The molecular weight excluding hydrogens is 390 g/mol. The number of aromatic nitrogens is 1. The predicted molar refractivity (Wildman–Crippen MR) is 122 cm³/mol. The van der Waals surface area contributed by atoms with Gasteiger partial charge in [-0.25, -0.2) is 4.98 Å². The molecule has 31 heavy (non-hydrogen) atoms. The zero-order chi connectivity index (χ0) is 21.8. The third-order valence-corrected chi connectivity index (χ3v) is 5.11. The number of hydrogen-bond acceptors (Lipinski definition) is 5. The van der Waals surface area contributed by atoms with Crippen LogP contribution in [0.4, 0.5) is 11.5 Å². The minimum absolute atomic E-state index is 0.151. The standard InChI is InChI=1S/C25H27N3O3/c1-17-7-6-8-21(13-17)31-23-10-5-4-9-22(23)27-25(29)20-11-12-24(26-14-20)28-15-18(2)30-19(3)16-28/h4-14,18-19H,15-16H2,1-3H3,(H,27,29). The van der Waals surface area contributed by atoms with Gasteiger partial charge in [-0.15, -0.1) is 0 Å². The number of nitrogens with one attached hydrogen (secondary N) is 1. The van der Waals surface area contributed by atoms with Crippen LogP contribution in [0.25, 0.3) is 0 Å². The molecule has 0 spiro atoms. The molecule has 3 aromatic rings. The Morgan fingerprint density at radius 3 is 2.55 bits per heavy atom. The summed E-state index contributed by atoms with van der Waals surface area (Å²) in [7, 11) is 0. The van der Waals surface area contributed by atoms with Crippen molar-refractivity contribution in [2.45, 2.75) is 33.0 Å². The molecule has 4 rings (SSSR count). The molecule has 0 radical (unpaired) electrons. The van der Waals surface area contributed by atoms with Crippen LogP contribution in [0.15, 0.2) is 66.9 Å². The summed E-state index contributed by atoms with van der Waals surface area (Å²) in [6, 6.07) is 18.9. The highest BCUT2D eigenvalue weighted by Crippen LogP contribution is 2.30. The van der Waals surface area contributed by atoms with Crippen molar-refractivity contribution in [2.24, 2.45) is 0 Å². The fraction of sp³-hybridized carbons (Fsp3) is 0.280. The summed E-state index contributed by atoms with van der Waals surface area (Å²) in [6.45, 7) is 7.69. The van der Waals surface area contributed by atoms with Gasteiger partial charge in [0.2, 0.25) is 0 Å². The van der Waals surface area contributed by atoms with E-state index in [-0.39, 0.29) is 18.1 Å². The molecule has 1 aliphatic heterocycles. The van der Waals surface area contributed by atoms with Crippen molar-refractivity contribution < 1.29 is 14.3 Å². The minimum atomic E-state index is -0.233. The second-order valence-corrected chi connectivity index (χ2v) is 7.94. The molecule has 1 amide bonds. The number of ether oxygens (including phenoxy) is 2. The van der Waals surface area contributed by atoms with Gasteiger partial charge in [0, 0.05) is 19.3 Å². The molecule has 2 heterocycles. The van der Waals surface area contributed by atoms with Gasteiger partial charge in [0.1, 0.15) is 11.6 Å². The number of carbonyl (C=O) groups excluding carboxylic acids is 1. The average molecular weight is 418 g/mol. The highest BCUT2D eigenvalue weighted by atomic mass is 16.5. The number of carbonyl (C=O) groups is 1. The Bertz CT molecular complexity index is 1040. The smallest absolute Gasteiger partial charge is 0.257 e. The first-order valence-electron chi connectivity index (χ1n) is 10.5. The van der Waals surface area contributed by atoms with Crippen LogP contribution in [-0.2, 0) is 4.74 Å². The van der Waals surface area contributed by atoms with Gasteiger partial charge in [-0.05, 0) is 62.7 Å². The zero-order valence-corrected chi connectivity index (χ0v) is 18.0. The molecular formula is C25H27N3O3. The Balaban J connectivity index is 1.46. The molecule has 0 bridgehead atoms. The van der Waals surface area contributed by atoms with E-state index in [4.69, 9.17) is 9.47 Å². The molecule has 1 saturated heterocycles. The van der Waals surface area contributed by atoms with Gasteiger partial charge < -0.3 is 19.7 Å². The third-order valence-electron chi connectivity index (χ3n) is 5.11.